The van der Waals surface area contributed by atoms with Gasteiger partial charge in [-0.25, -0.2) is 18.2 Å². The molecule has 0 nitrogen and oxygen atoms in total. The van der Waals surface area contributed by atoms with E-state index < -0.39 is 15.8 Å². The first kappa shape index (κ1) is 28.7. The molecule has 39 heavy (non-hydrogen) atoms. The van der Waals surface area contributed by atoms with E-state index >= 15 is 0 Å². The average Bonchev–Trinajstić information content (AvgIpc) is 3.69. The molecule has 0 heterocycles. The van der Waals surface area contributed by atoms with Gasteiger partial charge in [0, 0.05) is 0 Å². The summed E-state index contributed by atoms with van der Waals surface area (Å²) in [4.78, 5) is 0. The van der Waals surface area contributed by atoms with Crippen LogP contribution in [0.3, 0.4) is 0 Å². The summed E-state index contributed by atoms with van der Waals surface area (Å²) in [6.45, 7) is 3.86. The molecule has 0 radical (unpaired) electrons. The topological polar surface area (TPSA) is 0 Å². The van der Waals surface area contributed by atoms with Crippen molar-refractivity contribution in [3.8, 4) is 0 Å². The molecule has 3 heteroatoms. The molecule has 192 valence electrons. The predicted octanol–water partition coefficient (Wildman–Crippen LogP) is 6.97. The molecule has 6 aromatic carbocycles. The van der Waals surface area contributed by atoms with E-state index in [1.54, 1.807) is 0 Å². The second kappa shape index (κ2) is 14.7. The van der Waals surface area contributed by atoms with E-state index in [1.807, 2.05) is 6.08 Å². The van der Waals surface area contributed by atoms with Gasteiger partial charge in [0.05, 0.1) is 0 Å². The summed E-state index contributed by atoms with van der Waals surface area (Å²) in [5, 5.41) is 8.38. The van der Waals surface area contributed by atoms with Gasteiger partial charge in [-0.1, -0.05) is 137 Å². The quantitative estimate of drug-likeness (QED) is 0.109. The van der Waals surface area contributed by atoms with Crippen molar-refractivity contribution in [3.63, 3.8) is 0 Å². The molecular weight excluding hydrogens is 550 g/mol. The maximum Gasteiger partial charge on any atom is 2.00 e. The zero-order chi connectivity index (χ0) is 26.0. The maximum atomic E-state index is 3.86. The van der Waals surface area contributed by atoms with Gasteiger partial charge in [-0.15, -0.1) is 23.3 Å². The number of hydrogen-bond donors (Lipinski definition) is 0. The molecule has 0 atom stereocenters. The van der Waals surface area contributed by atoms with Crippen molar-refractivity contribution in [1.29, 1.82) is 0 Å². The molecule has 0 spiro atoms. The van der Waals surface area contributed by atoms with Gasteiger partial charge in [-0.3, -0.25) is 0 Å². The van der Waals surface area contributed by atoms with E-state index in [0.717, 1.165) is 0 Å². The first-order chi connectivity index (χ1) is 18.8. The Morgan fingerprint density at radius 3 is 1.13 bits per heavy atom. The fourth-order valence-corrected chi connectivity index (χ4v) is 9.07. The number of benzene rings is 4. The fourth-order valence-electron chi connectivity index (χ4n) is 4.43. The summed E-state index contributed by atoms with van der Waals surface area (Å²) >= 11 is 0. The first-order valence-corrected chi connectivity index (χ1v) is 15.4. The Bertz CT molecular complexity index is 1430. The summed E-state index contributed by atoms with van der Waals surface area (Å²) in [6.07, 6.45) is 1.91. The standard InChI is InChI=1S/C19H16P.C17H14P.Fe/c1-2-16-13-14-19(15-16)20(17-9-5-3-6-10-17)18-11-7-4-8-12-18;1-3-9-15(10-4-1)18(17-13-7-8-14-17)16-11-5-2-6-12-16;/h2-15H,1H2;1-14H;/q2*-1;+2. The van der Waals surface area contributed by atoms with Crippen LogP contribution in [0, 0.1) is 0 Å². The monoisotopic (exact) mass is 580 g/mol. The van der Waals surface area contributed by atoms with Crippen molar-refractivity contribution in [3.05, 3.63) is 176 Å². The third kappa shape index (κ3) is 7.42. The minimum Gasteiger partial charge on any atom is -0.213 e. The van der Waals surface area contributed by atoms with Crippen molar-refractivity contribution in [2.45, 2.75) is 0 Å². The van der Waals surface area contributed by atoms with E-state index in [2.05, 4.69) is 170 Å². The van der Waals surface area contributed by atoms with Crippen molar-refractivity contribution in [1.82, 2.24) is 0 Å². The minimum absolute atomic E-state index is 0. The van der Waals surface area contributed by atoms with Crippen molar-refractivity contribution < 1.29 is 17.1 Å². The third-order valence-electron chi connectivity index (χ3n) is 6.22. The van der Waals surface area contributed by atoms with E-state index in [4.69, 9.17) is 0 Å². The summed E-state index contributed by atoms with van der Waals surface area (Å²) in [7, 11) is -0.888. The molecule has 0 bridgehead atoms. The van der Waals surface area contributed by atoms with E-state index in [1.165, 1.54) is 37.4 Å². The van der Waals surface area contributed by atoms with Crippen LogP contribution in [0.2, 0.25) is 0 Å². The minimum atomic E-state index is -0.479. The summed E-state index contributed by atoms with van der Waals surface area (Å²) in [5.41, 5.74) is 1.19. The molecular formula is C36H30FeP2. The normalized spacial score (nSPS) is 10.4. The van der Waals surface area contributed by atoms with Gasteiger partial charge in [0.15, 0.2) is 0 Å². The molecule has 6 aromatic rings. The Morgan fingerprint density at radius 2 is 0.795 bits per heavy atom. The third-order valence-corrected chi connectivity index (χ3v) is 11.1. The summed E-state index contributed by atoms with van der Waals surface area (Å²) < 4.78 is 0. The molecule has 0 saturated heterocycles. The van der Waals surface area contributed by atoms with Crippen LogP contribution in [0.5, 0.6) is 0 Å². The number of rotatable bonds is 7. The molecule has 0 aliphatic rings. The van der Waals surface area contributed by atoms with Crippen LogP contribution >= 0.6 is 15.8 Å². The molecule has 0 fully saturated rings. The molecule has 0 N–H and O–H groups in total. The molecule has 0 aromatic heterocycles. The molecule has 0 amide bonds. The van der Waals surface area contributed by atoms with Crippen molar-refractivity contribution >= 4 is 53.7 Å². The van der Waals surface area contributed by atoms with Crippen LogP contribution in [0.1, 0.15) is 5.56 Å². The van der Waals surface area contributed by atoms with Gasteiger partial charge in [-0.05, 0) is 21.2 Å². The Balaban J connectivity index is 0.000000177. The van der Waals surface area contributed by atoms with Gasteiger partial charge in [0.2, 0.25) is 0 Å². The molecule has 0 unspecified atom stereocenters. The second-order valence-corrected chi connectivity index (χ2v) is 13.2. The van der Waals surface area contributed by atoms with Gasteiger partial charge in [0.25, 0.3) is 0 Å². The molecule has 0 aliphatic carbocycles. The van der Waals surface area contributed by atoms with Gasteiger partial charge in [0.1, 0.15) is 0 Å². The first-order valence-electron chi connectivity index (χ1n) is 12.7. The smallest absolute Gasteiger partial charge is 0.213 e. The number of hydrogen-bond acceptors (Lipinski definition) is 0. The van der Waals surface area contributed by atoms with Crippen LogP contribution in [0.4, 0.5) is 0 Å². The predicted molar refractivity (Wildman–Crippen MR) is 172 cm³/mol. The largest absolute Gasteiger partial charge is 2.00 e. The zero-order valence-electron chi connectivity index (χ0n) is 21.6. The Morgan fingerprint density at radius 1 is 0.436 bits per heavy atom. The average molecular weight is 580 g/mol. The van der Waals surface area contributed by atoms with Gasteiger partial charge >= 0.3 is 17.1 Å². The van der Waals surface area contributed by atoms with Crippen LogP contribution in [0.25, 0.3) is 6.08 Å². The summed E-state index contributed by atoms with van der Waals surface area (Å²) in [5.74, 6) is 0. The van der Waals surface area contributed by atoms with E-state index in [9.17, 15) is 0 Å². The van der Waals surface area contributed by atoms with E-state index in [-0.39, 0.29) is 17.1 Å². The van der Waals surface area contributed by atoms with E-state index in [0.29, 0.717) is 0 Å². The van der Waals surface area contributed by atoms with Crippen LogP contribution < -0.4 is 31.8 Å². The van der Waals surface area contributed by atoms with Gasteiger partial charge < -0.3 is 0 Å². The van der Waals surface area contributed by atoms with Crippen molar-refractivity contribution in [2.24, 2.45) is 0 Å². The maximum absolute atomic E-state index is 3.86. The fraction of sp³-hybridized carbons (Fsp3) is 0. The molecule has 0 aliphatic heterocycles. The molecule has 6 rings (SSSR count). The SMILES string of the molecule is C=Cc1cc[c-](P(c2ccccc2)c2ccccc2)c1.[Fe+2].c1ccc(P(c2ccccc2)[c-]2cccc2)cc1. The van der Waals surface area contributed by atoms with Crippen LogP contribution in [0.15, 0.2) is 170 Å². The second-order valence-electron chi connectivity index (χ2n) is 8.76. The molecule has 0 saturated carbocycles. The Labute approximate surface area is 245 Å². The van der Waals surface area contributed by atoms with Gasteiger partial charge in [-0.2, -0.15) is 29.8 Å². The summed E-state index contributed by atoms with van der Waals surface area (Å²) in [6, 6.07) is 58.4. The van der Waals surface area contributed by atoms with Crippen LogP contribution in [-0.2, 0) is 17.1 Å². The van der Waals surface area contributed by atoms with Crippen molar-refractivity contribution in [2.75, 3.05) is 0 Å². The Kier molecular flexibility index (Phi) is 10.9. The Hall–Kier alpha value is -3.30. The van der Waals surface area contributed by atoms with Crippen LogP contribution in [-0.4, -0.2) is 0 Å². The zero-order valence-corrected chi connectivity index (χ0v) is 24.5.